The van der Waals surface area contributed by atoms with Gasteiger partial charge < -0.3 is 14.4 Å². The van der Waals surface area contributed by atoms with Crippen molar-refractivity contribution >= 4 is 5.91 Å². The zero-order valence-electron chi connectivity index (χ0n) is 14.8. The number of aromatic nitrogens is 1. The highest BCUT2D eigenvalue weighted by Crippen LogP contribution is 2.26. The molecule has 0 aromatic carbocycles. The van der Waals surface area contributed by atoms with Crippen LogP contribution in [0.15, 0.2) is 18.5 Å². The molecule has 2 fully saturated rings. The topological polar surface area (TPSA) is 54.9 Å². The van der Waals surface area contributed by atoms with Gasteiger partial charge in [-0.2, -0.15) is 0 Å². The van der Waals surface area contributed by atoms with Gasteiger partial charge in [0.2, 0.25) is 5.91 Å². The Kier molecular flexibility index (Phi) is 5.36. The Morgan fingerprint density at radius 1 is 1.33 bits per heavy atom. The number of morpholine rings is 1. The molecule has 0 unspecified atom stereocenters. The fraction of sp³-hybridized carbons (Fsp3) is 0.667. The van der Waals surface area contributed by atoms with E-state index >= 15 is 0 Å². The lowest BCUT2D eigenvalue weighted by Crippen LogP contribution is -2.56. The molecule has 0 radical (unpaired) electrons. The molecule has 0 bridgehead atoms. The first-order chi connectivity index (χ1) is 11.6. The van der Waals surface area contributed by atoms with Crippen molar-refractivity contribution in [3.63, 3.8) is 0 Å². The second kappa shape index (κ2) is 7.49. The summed E-state index contributed by atoms with van der Waals surface area (Å²) >= 11 is 0. The molecule has 24 heavy (non-hydrogen) atoms. The first kappa shape index (κ1) is 17.2. The second-order valence-electron chi connectivity index (χ2n) is 6.90. The van der Waals surface area contributed by atoms with Crippen LogP contribution in [-0.2, 0) is 16.1 Å². The fourth-order valence-corrected chi connectivity index (χ4v) is 3.81. The van der Waals surface area contributed by atoms with Crippen LogP contribution in [0.5, 0.6) is 5.75 Å². The van der Waals surface area contributed by atoms with E-state index in [2.05, 4.69) is 23.7 Å². The molecule has 0 saturated carbocycles. The molecule has 132 valence electrons. The molecule has 6 heteroatoms. The molecule has 3 heterocycles. The smallest absolute Gasteiger partial charge is 0.249 e. The number of amides is 1. The molecule has 1 amide bonds. The molecule has 0 spiro atoms. The summed E-state index contributed by atoms with van der Waals surface area (Å²) in [7, 11) is 1.66. The predicted octanol–water partition coefficient (Wildman–Crippen LogP) is 1.69. The van der Waals surface area contributed by atoms with E-state index in [0.717, 1.165) is 43.8 Å². The van der Waals surface area contributed by atoms with Crippen molar-refractivity contribution in [2.24, 2.45) is 0 Å². The second-order valence-corrected chi connectivity index (χ2v) is 6.90. The lowest BCUT2D eigenvalue weighted by molar-refractivity contribution is -0.160. The van der Waals surface area contributed by atoms with Crippen LogP contribution < -0.4 is 4.74 Å². The van der Waals surface area contributed by atoms with Crippen LogP contribution in [0.1, 0.15) is 32.3 Å². The van der Waals surface area contributed by atoms with E-state index in [0.29, 0.717) is 0 Å². The van der Waals surface area contributed by atoms with Gasteiger partial charge in [0.15, 0.2) is 0 Å². The molecule has 1 aromatic rings. The van der Waals surface area contributed by atoms with Crippen LogP contribution in [-0.4, -0.2) is 65.7 Å². The minimum absolute atomic E-state index is 0.122. The Bertz CT molecular complexity index is 578. The van der Waals surface area contributed by atoms with Crippen LogP contribution in [0.2, 0.25) is 0 Å². The van der Waals surface area contributed by atoms with Crippen LogP contribution in [0, 0.1) is 0 Å². The summed E-state index contributed by atoms with van der Waals surface area (Å²) in [6.07, 6.45) is 5.67. The van der Waals surface area contributed by atoms with E-state index in [1.807, 2.05) is 17.2 Å². The highest BCUT2D eigenvalue weighted by Gasteiger charge is 2.39. The van der Waals surface area contributed by atoms with E-state index < -0.39 is 0 Å². The molecule has 2 saturated heterocycles. The van der Waals surface area contributed by atoms with E-state index in [9.17, 15) is 4.79 Å². The summed E-state index contributed by atoms with van der Waals surface area (Å²) in [5.41, 5.74) is 1.15. The fourth-order valence-electron chi connectivity index (χ4n) is 3.81. The van der Waals surface area contributed by atoms with E-state index in [1.165, 1.54) is 0 Å². The monoisotopic (exact) mass is 333 g/mol. The van der Waals surface area contributed by atoms with Crippen molar-refractivity contribution in [3.8, 4) is 5.75 Å². The van der Waals surface area contributed by atoms with Gasteiger partial charge in [0.1, 0.15) is 12.4 Å². The largest absolute Gasteiger partial charge is 0.495 e. The average molecular weight is 333 g/mol. The minimum atomic E-state index is 0.122. The van der Waals surface area contributed by atoms with Crippen molar-refractivity contribution in [1.82, 2.24) is 14.8 Å². The van der Waals surface area contributed by atoms with Gasteiger partial charge >= 0.3 is 0 Å². The Labute approximate surface area is 143 Å². The number of fused-ring (bicyclic) bond motifs is 1. The molecule has 2 atom stereocenters. The number of ether oxygens (including phenoxy) is 2. The molecule has 6 nitrogen and oxygen atoms in total. The summed E-state index contributed by atoms with van der Waals surface area (Å²) in [5, 5.41) is 0. The SMILES string of the molecule is COc1cncc(CN2CC[C@@H]3OCC(=O)N(C(C)C)[C@H]3CC2)c1. The van der Waals surface area contributed by atoms with Crippen molar-refractivity contribution in [3.05, 3.63) is 24.0 Å². The number of nitrogens with zero attached hydrogens (tertiary/aromatic N) is 3. The summed E-state index contributed by atoms with van der Waals surface area (Å²) in [5.74, 6) is 0.910. The Morgan fingerprint density at radius 2 is 2.12 bits per heavy atom. The van der Waals surface area contributed by atoms with Gasteiger partial charge in [0.25, 0.3) is 0 Å². The van der Waals surface area contributed by atoms with Gasteiger partial charge in [-0.05, 0) is 38.3 Å². The number of hydrogen-bond acceptors (Lipinski definition) is 5. The first-order valence-corrected chi connectivity index (χ1v) is 8.71. The zero-order valence-corrected chi connectivity index (χ0v) is 14.8. The summed E-state index contributed by atoms with van der Waals surface area (Å²) in [6, 6.07) is 2.45. The maximum absolute atomic E-state index is 12.2. The number of carbonyl (C=O) groups excluding carboxylic acids is 1. The third-order valence-corrected chi connectivity index (χ3v) is 4.93. The zero-order chi connectivity index (χ0) is 17.1. The number of carbonyl (C=O) groups is 1. The van der Waals surface area contributed by atoms with Gasteiger partial charge in [0, 0.05) is 31.9 Å². The van der Waals surface area contributed by atoms with Crippen LogP contribution >= 0.6 is 0 Å². The van der Waals surface area contributed by atoms with Crippen molar-refractivity contribution in [2.45, 2.75) is 51.4 Å². The lowest BCUT2D eigenvalue weighted by Gasteiger charge is -2.42. The van der Waals surface area contributed by atoms with Gasteiger partial charge in [-0.15, -0.1) is 0 Å². The third-order valence-electron chi connectivity index (χ3n) is 4.93. The molecule has 2 aliphatic heterocycles. The normalized spacial score (nSPS) is 25.5. The minimum Gasteiger partial charge on any atom is -0.495 e. The molecule has 3 rings (SSSR count). The van der Waals surface area contributed by atoms with Crippen molar-refractivity contribution in [1.29, 1.82) is 0 Å². The first-order valence-electron chi connectivity index (χ1n) is 8.71. The summed E-state index contributed by atoms with van der Waals surface area (Å²) in [4.78, 5) is 20.9. The van der Waals surface area contributed by atoms with E-state index in [-0.39, 0.29) is 30.7 Å². The van der Waals surface area contributed by atoms with E-state index in [4.69, 9.17) is 9.47 Å². The van der Waals surface area contributed by atoms with Crippen molar-refractivity contribution < 1.29 is 14.3 Å². The Balaban J connectivity index is 1.67. The summed E-state index contributed by atoms with van der Waals surface area (Å²) < 4.78 is 11.1. The van der Waals surface area contributed by atoms with Gasteiger partial charge in [0.05, 0.1) is 25.5 Å². The van der Waals surface area contributed by atoms with Crippen molar-refractivity contribution in [2.75, 3.05) is 26.8 Å². The highest BCUT2D eigenvalue weighted by molar-refractivity contribution is 5.78. The van der Waals surface area contributed by atoms with E-state index in [1.54, 1.807) is 13.3 Å². The highest BCUT2D eigenvalue weighted by atomic mass is 16.5. The van der Waals surface area contributed by atoms with Gasteiger partial charge in [-0.1, -0.05) is 0 Å². The number of hydrogen-bond donors (Lipinski definition) is 0. The number of likely N-dealkylation sites (tertiary alicyclic amines) is 1. The lowest BCUT2D eigenvalue weighted by atomic mass is 10.0. The molecule has 2 aliphatic rings. The molecular formula is C18H27N3O3. The molecule has 1 aromatic heterocycles. The van der Waals surface area contributed by atoms with Crippen LogP contribution in [0.25, 0.3) is 0 Å². The van der Waals surface area contributed by atoms with Crippen LogP contribution in [0.4, 0.5) is 0 Å². The maximum atomic E-state index is 12.2. The summed E-state index contributed by atoms with van der Waals surface area (Å²) in [6.45, 7) is 7.17. The maximum Gasteiger partial charge on any atom is 0.249 e. The standard InChI is InChI=1S/C18H27N3O3/c1-13(2)21-16-4-6-20(7-5-17(16)24-12-18(21)22)11-14-8-15(23-3)10-19-9-14/h8-10,13,16-17H,4-7,11-12H2,1-3H3/t16-,17-/m0/s1. The number of pyridine rings is 1. The van der Waals surface area contributed by atoms with Gasteiger partial charge in [-0.3, -0.25) is 14.7 Å². The third kappa shape index (κ3) is 3.70. The van der Waals surface area contributed by atoms with Gasteiger partial charge in [-0.25, -0.2) is 0 Å². The number of rotatable bonds is 4. The molecular weight excluding hydrogens is 306 g/mol. The molecule has 0 aliphatic carbocycles. The number of methoxy groups -OCH3 is 1. The predicted molar refractivity (Wildman–Crippen MR) is 90.8 cm³/mol. The Morgan fingerprint density at radius 3 is 2.88 bits per heavy atom. The quantitative estimate of drug-likeness (QED) is 0.839. The molecule has 0 N–H and O–H groups in total. The average Bonchev–Trinajstić information content (AvgIpc) is 2.77. The van der Waals surface area contributed by atoms with Crippen LogP contribution in [0.3, 0.4) is 0 Å². The Hall–Kier alpha value is -1.66.